The summed E-state index contributed by atoms with van der Waals surface area (Å²) in [6.45, 7) is 4.13. The van der Waals surface area contributed by atoms with Crippen molar-refractivity contribution in [1.82, 2.24) is 0 Å². The highest BCUT2D eigenvalue weighted by Gasteiger charge is 2.12. The molecule has 1 N–H and O–H groups in total. The van der Waals surface area contributed by atoms with E-state index < -0.39 is 0 Å². The van der Waals surface area contributed by atoms with E-state index in [0.717, 1.165) is 5.56 Å². The lowest BCUT2D eigenvalue weighted by Crippen LogP contribution is -1.95. The maximum Gasteiger partial charge on any atom is 0.161 e. The molecule has 1 rings (SSSR count). The second kappa shape index (κ2) is 4.22. The van der Waals surface area contributed by atoms with Crippen LogP contribution in [0.5, 0.6) is 17.2 Å². The largest absolute Gasteiger partial charge is 0.504 e. The lowest BCUT2D eigenvalue weighted by molar-refractivity contribution is 0.363. The molecular formula is C11H16O3. The van der Waals surface area contributed by atoms with Gasteiger partial charge in [0.05, 0.1) is 14.2 Å². The number of rotatable bonds is 3. The zero-order valence-electron chi connectivity index (χ0n) is 9.00. The predicted molar refractivity (Wildman–Crippen MR) is 55.3 cm³/mol. The molecule has 0 aliphatic carbocycles. The van der Waals surface area contributed by atoms with E-state index in [1.54, 1.807) is 19.2 Å². The van der Waals surface area contributed by atoms with Crippen molar-refractivity contribution in [3.8, 4) is 17.2 Å². The van der Waals surface area contributed by atoms with Crippen molar-refractivity contribution in [1.29, 1.82) is 0 Å². The van der Waals surface area contributed by atoms with Crippen molar-refractivity contribution >= 4 is 0 Å². The molecule has 0 fully saturated rings. The molecule has 0 unspecified atom stereocenters. The minimum Gasteiger partial charge on any atom is -0.504 e. The molecular weight excluding hydrogens is 180 g/mol. The molecule has 78 valence electrons. The van der Waals surface area contributed by atoms with Gasteiger partial charge in [-0.2, -0.15) is 0 Å². The number of methoxy groups -OCH3 is 2. The molecule has 0 radical (unpaired) electrons. The van der Waals surface area contributed by atoms with Crippen molar-refractivity contribution in [2.45, 2.75) is 19.8 Å². The van der Waals surface area contributed by atoms with Crippen molar-refractivity contribution in [2.24, 2.45) is 0 Å². The number of hydrogen-bond donors (Lipinski definition) is 1. The van der Waals surface area contributed by atoms with E-state index in [2.05, 4.69) is 13.8 Å². The third kappa shape index (κ3) is 1.92. The minimum absolute atomic E-state index is 0.105. The van der Waals surface area contributed by atoms with Gasteiger partial charge in [-0.15, -0.1) is 0 Å². The van der Waals surface area contributed by atoms with Crippen LogP contribution in [0.2, 0.25) is 0 Å². The Morgan fingerprint density at radius 3 is 2.07 bits per heavy atom. The van der Waals surface area contributed by atoms with Gasteiger partial charge in [-0.3, -0.25) is 0 Å². The van der Waals surface area contributed by atoms with Crippen molar-refractivity contribution in [3.05, 3.63) is 17.7 Å². The van der Waals surface area contributed by atoms with E-state index in [4.69, 9.17) is 9.47 Å². The monoisotopic (exact) mass is 196 g/mol. The normalized spacial score (nSPS) is 10.4. The van der Waals surface area contributed by atoms with E-state index in [9.17, 15) is 5.11 Å². The van der Waals surface area contributed by atoms with Crippen LogP contribution in [0, 0.1) is 0 Å². The Morgan fingerprint density at radius 2 is 1.64 bits per heavy atom. The maximum absolute atomic E-state index is 9.52. The molecule has 0 aromatic heterocycles. The van der Waals surface area contributed by atoms with Gasteiger partial charge >= 0.3 is 0 Å². The van der Waals surface area contributed by atoms with Crippen LogP contribution in [0.1, 0.15) is 25.3 Å². The summed E-state index contributed by atoms with van der Waals surface area (Å²) in [4.78, 5) is 0. The molecule has 0 amide bonds. The third-order valence-electron chi connectivity index (χ3n) is 2.15. The SMILES string of the molecule is COc1cc(C(C)C)c(OC)cc1O. The number of aromatic hydroxyl groups is 1. The van der Waals surface area contributed by atoms with Gasteiger partial charge in [0, 0.05) is 11.6 Å². The van der Waals surface area contributed by atoms with E-state index in [0.29, 0.717) is 17.4 Å². The first-order chi connectivity index (χ1) is 6.60. The summed E-state index contributed by atoms with van der Waals surface area (Å²) in [6.07, 6.45) is 0. The minimum atomic E-state index is 0.105. The molecule has 0 saturated carbocycles. The average molecular weight is 196 g/mol. The van der Waals surface area contributed by atoms with Crippen LogP contribution < -0.4 is 9.47 Å². The molecule has 3 nitrogen and oxygen atoms in total. The van der Waals surface area contributed by atoms with Crippen molar-refractivity contribution in [2.75, 3.05) is 14.2 Å². The molecule has 0 aliphatic heterocycles. The molecule has 0 saturated heterocycles. The van der Waals surface area contributed by atoms with Crippen LogP contribution in [0.3, 0.4) is 0 Å². The zero-order valence-corrected chi connectivity index (χ0v) is 9.00. The Kier molecular flexibility index (Phi) is 3.23. The summed E-state index contributed by atoms with van der Waals surface area (Å²) < 4.78 is 10.2. The molecule has 14 heavy (non-hydrogen) atoms. The molecule has 3 heteroatoms. The first-order valence-corrected chi connectivity index (χ1v) is 4.55. The second-order valence-corrected chi connectivity index (χ2v) is 3.42. The van der Waals surface area contributed by atoms with Crippen LogP contribution in [-0.2, 0) is 0 Å². The number of phenols is 1. The number of hydrogen-bond acceptors (Lipinski definition) is 3. The predicted octanol–water partition coefficient (Wildman–Crippen LogP) is 2.53. The molecule has 1 aromatic rings. The van der Waals surface area contributed by atoms with E-state index in [1.807, 2.05) is 0 Å². The Labute approximate surface area is 84.3 Å². The van der Waals surface area contributed by atoms with Gasteiger partial charge < -0.3 is 14.6 Å². The number of benzene rings is 1. The topological polar surface area (TPSA) is 38.7 Å². The van der Waals surface area contributed by atoms with Gasteiger partial charge in [0.25, 0.3) is 0 Å². The van der Waals surface area contributed by atoms with Gasteiger partial charge in [0.15, 0.2) is 11.5 Å². The summed E-state index contributed by atoms with van der Waals surface area (Å²) in [7, 11) is 3.12. The fraction of sp³-hybridized carbons (Fsp3) is 0.455. The number of phenolic OH excluding ortho intramolecular Hbond substituents is 1. The molecule has 0 heterocycles. The Hall–Kier alpha value is -1.38. The van der Waals surface area contributed by atoms with E-state index >= 15 is 0 Å². The molecule has 1 aromatic carbocycles. The van der Waals surface area contributed by atoms with Crippen molar-refractivity contribution < 1.29 is 14.6 Å². The average Bonchev–Trinajstić information content (AvgIpc) is 2.16. The van der Waals surface area contributed by atoms with E-state index in [-0.39, 0.29) is 5.75 Å². The highest BCUT2D eigenvalue weighted by atomic mass is 16.5. The van der Waals surface area contributed by atoms with Crippen LogP contribution in [-0.4, -0.2) is 19.3 Å². The maximum atomic E-state index is 9.52. The van der Waals surface area contributed by atoms with Crippen molar-refractivity contribution in [3.63, 3.8) is 0 Å². The standard InChI is InChI=1S/C11H16O3/c1-7(2)8-5-11(14-4)9(12)6-10(8)13-3/h5-7,12H,1-4H3. The summed E-state index contributed by atoms with van der Waals surface area (Å²) >= 11 is 0. The third-order valence-corrected chi connectivity index (χ3v) is 2.15. The fourth-order valence-electron chi connectivity index (χ4n) is 1.36. The fourth-order valence-corrected chi connectivity index (χ4v) is 1.36. The Morgan fingerprint density at radius 1 is 1.07 bits per heavy atom. The van der Waals surface area contributed by atoms with Crippen LogP contribution in [0.4, 0.5) is 0 Å². The summed E-state index contributed by atoms with van der Waals surface area (Å²) in [5, 5.41) is 9.52. The molecule has 0 spiro atoms. The van der Waals surface area contributed by atoms with Gasteiger partial charge in [0.2, 0.25) is 0 Å². The van der Waals surface area contributed by atoms with Gasteiger partial charge in [-0.25, -0.2) is 0 Å². The van der Waals surface area contributed by atoms with Crippen LogP contribution in [0.15, 0.2) is 12.1 Å². The molecule has 0 atom stereocenters. The first-order valence-electron chi connectivity index (χ1n) is 4.55. The summed E-state index contributed by atoms with van der Waals surface area (Å²) in [6, 6.07) is 3.38. The summed E-state index contributed by atoms with van der Waals surface area (Å²) in [5.74, 6) is 1.61. The first kappa shape index (κ1) is 10.7. The van der Waals surface area contributed by atoms with Gasteiger partial charge in [0.1, 0.15) is 5.75 Å². The zero-order chi connectivity index (χ0) is 10.7. The lowest BCUT2D eigenvalue weighted by atomic mass is 10.0. The highest BCUT2D eigenvalue weighted by Crippen LogP contribution is 2.36. The highest BCUT2D eigenvalue weighted by molar-refractivity contribution is 5.50. The van der Waals surface area contributed by atoms with Gasteiger partial charge in [-0.05, 0) is 12.0 Å². The molecule has 0 bridgehead atoms. The van der Waals surface area contributed by atoms with Crippen LogP contribution >= 0.6 is 0 Å². The Balaban J connectivity index is 3.25. The smallest absolute Gasteiger partial charge is 0.161 e. The van der Waals surface area contributed by atoms with Crippen LogP contribution in [0.25, 0.3) is 0 Å². The summed E-state index contributed by atoms with van der Waals surface area (Å²) in [5.41, 5.74) is 1.03. The quantitative estimate of drug-likeness (QED) is 0.807. The number of ether oxygens (including phenoxy) is 2. The van der Waals surface area contributed by atoms with Gasteiger partial charge in [-0.1, -0.05) is 13.8 Å². The lowest BCUT2D eigenvalue weighted by Gasteiger charge is -2.14. The Bertz CT molecular complexity index is 319. The van der Waals surface area contributed by atoms with E-state index in [1.165, 1.54) is 7.11 Å². The second-order valence-electron chi connectivity index (χ2n) is 3.42. The molecule has 0 aliphatic rings.